The Morgan fingerprint density at radius 2 is 1.84 bits per heavy atom. The molecule has 1 aliphatic rings. The summed E-state index contributed by atoms with van der Waals surface area (Å²) < 4.78 is 5.52. The summed E-state index contributed by atoms with van der Waals surface area (Å²) in [5.74, 6) is -0.272. The number of allylic oxidation sites excluding steroid dienone is 1. The van der Waals surface area contributed by atoms with Gasteiger partial charge in [-0.3, -0.25) is 4.79 Å². The van der Waals surface area contributed by atoms with E-state index in [4.69, 9.17) is 17.0 Å². The van der Waals surface area contributed by atoms with Crippen LogP contribution in [0, 0.1) is 5.92 Å². The van der Waals surface area contributed by atoms with E-state index in [1.54, 1.807) is 0 Å². The summed E-state index contributed by atoms with van der Waals surface area (Å²) in [6, 6.07) is 7.17. The molecule has 1 amide bonds. The van der Waals surface area contributed by atoms with E-state index >= 15 is 0 Å². The lowest BCUT2D eigenvalue weighted by Crippen LogP contribution is -2.47. The minimum Gasteiger partial charge on any atom is -0.459 e. The number of rotatable bonds is 10. The average Bonchev–Trinajstić information content (AvgIpc) is 2.74. The molecule has 2 N–H and O–H groups in total. The van der Waals surface area contributed by atoms with Crippen molar-refractivity contribution in [3.63, 3.8) is 0 Å². The number of esters is 1. The van der Waals surface area contributed by atoms with E-state index < -0.39 is 6.04 Å². The Morgan fingerprint density at radius 1 is 1.19 bits per heavy atom. The summed E-state index contributed by atoms with van der Waals surface area (Å²) in [5.41, 5.74) is 2.98. The van der Waals surface area contributed by atoms with Crippen LogP contribution in [0.4, 0.5) is 5.69 Å². The van der Waals surface area contributed by atoms with Gasteiger partial charge in [-0.2, -0.15) is 0 Å². The van der Waals surface area contributed by atoms with Gasteiger partial charge in [0.2, 0.25) is 5.91 Å². The molecule has 0 aliphatic carbocycles. The third kappa shape index (κ3) is 6.31. The largest absolute Gasteiger partial charge is 0.459 e. The monoisotopic (exact) mass is 459 g/mol. The topological polar surface area (TPSA) is 70.7 Å². The second-order valence-corrected chi connectivity index (χ2v) is 8.83. The fourth-order valence-electron chi connectivity index (χ4n) is 3.93. The first kappa shape index (κ1) is 25.8. The predicted octanol–water partition coefficient (Wildman–Crippen LogP) is 5.32. The Morgan fingerprint density at radius 3 is 2.38 bits per heavy atom. The first-order valence-corrected chi connectivity index (χ1v) is 12.0. The van der Waals surface area contributed by atoms with E-state index in [-0.39, 0.29) is 23.9 Å². The molecule has 0 aromatic heterocycles. The van der Waals surface area contributed by atoms with Crippen LogP contribution in [0.25, 0.3) is 0 Å². The summed E-state index contributed by atoms with van der Waals surface area (Å²) in [6.07, 6.45) is 3.64. The van der Waals surface area contributed by atoms with Crippen molar-refractivity contribution in [2.45, 2.75) is 79.4 Å². The van der Waals surface area contributed by atoms with E-state index in [9.17, 15) is 9.59 Å². The lowest BCUT2D eigenvalue weighted by molar-refractivity contribution is -0.143. The Bertz CT molecular complexity index is 848. The molecule has 6 nitrogen and oxygen atoms in total. The van der Waals surface area contributed by atoms with Gasteiger partial charge in [0.05, 0.1) is 17.7 Å². The number of anilines is 1. The molecular formula is C25H37N3O3S. The highest BCUT2D eigenvalue weighted by molar-refractivity contribution is 7.80. The van der Waals surface area contributed by atoms with E-state index in [1.807, 2.05) is 63.8 Å². The molecule has 1 heterocycles. The fraction of sp³-hybridized carbons (Fsp3) is 0.560. The Hall–Kier alpha value is -2.41. The van der Waals surface area contributed by atoms with Crippen LogP contribution in [0.1, 0.15) is 78.8 Å². The standard InChI is InChI=1S/C25H37N3O3S/c1-7-10-11-18(8-2)23(29)26-20-14-12-19(13-15-20)22-21(24(30)31-16(4)5)17(6)28(9-3)25(32)27-22/h12-16,18,22H,7-11H2,1-6H3,(H,26,29)(H,27,32). The van der Waals surface area contributed by atoms with Crippen molar-refractivity contribution in [2.75, 3.05) is 11.9 Å². The molecule has 32 heavy (non-hydrogen) atoms. The van der Waals surface area contributed by atoms with E-state index in [1.165, 1.54) is 0 Å². The summed E-state index contributed by atoms with van der Waals surface area (Å²) in [6.45, 7) is 12.4. The van der Waals surface area contributed by atoms with Gasteiger partial charge in [0.1, 0.15) is 0 Å². The molecule has 0 saturated heterocycles. The van der Waals surface area contributed by atoms with Crippen LogP contribution in [0.15, 0.2) is 35.5 Å². The van der Waals surface area contributed by atoms with Gasteiger partial charge < -0.3 is 20.3 Å². The van der Waals surface area contributed by atoms with Crippen LogP contribution in [0.3, 0.4) is 0 Å². The molecule has 0 bridgehead atoms. The predicted molar refractivity (Wildman–Crippen MR) is 133 cm³/mol. The van der Waals surface area contributed by atoms with Gasteiger partial charge in [0, 0.05) is 23.8 Å². The van der Waals surface area contributed by atoms with Crippen LogP contribution in [0.2, 0.25) is 0 Å². The third-order valence-electron chi connectivity index (χ3n) is 5.76. The molecular weight excluding hydrogens is 422 g/mol. The zero-order chi connectivity index (χ0) is 23.8. The highest BCUT2D eigenvalue weighted by Crippen LogP contribution is 2.32. The van der Waals surface area contributed by atoms with Gasteiger partial charge in [-0.05, 0) is 70.5 Å². The normalized spacial score (nSPS) is 17.3. The van der Waals surface area contributed by atoms with Gasteiger partial charge in [0.15, 0.2) is 5.11 Å². The van der Waals surface area contributed by atoms with Crippen molar-refractivity contribution >= 4 is 34.9 Å². The zero-order valence-electron chi connectivity index (χ0n) is 20.2. The SMILES string of the molecule is CCCCC(CC)C(=O)Nc1ccc(C2NC(=S)N(CC)C(C)=C2C(=O)OC(C)C)cc1. The second kappa shape index (κ2) is 12.0. The lowest BCUT2D eigenvalue weighted by Gasteiger charge is -2.37. The fourth-order valence-corrected chi connectivity index (χ4v) is 4.31. The number of nitrogens with zero attached hydrogens (tertiary/aromatic N) is 1. The zero-order valence-corrected chi connectivity index (χ0v) is 21.0. The maximum atomic E-state index is 12.9. The van der Waals surface area contributed by atoms with Crippen molar-refractivity contribution < 1.29 is 14.3 Å². The number of carbonyl (C=O) groups is 2. The van der Waals surface area contributed by atoms with Crippen molar-refractivity contribution in [2.24, 2.45) is 5.92 Å². The molecule has 0 spiro atoms. The Labute approximate surface area is 197 Å². The minimum atomic E-state index is -0.408. The van der Waals surface area contributed by atoms with Crippen LogP contribution < -0.4 is 10.6 Å². The molecule has 2 unspecified atom stereocenters. The van der Waals surface area contributed by atoms with Gasteiger partial charge in [-0.15, -0.1) is 0 Å². The lowest BCUT2D eigenvalue weighted by atomic mass is 9.94. The first-order valence-electron chi connectivity index (χ1n) is 11.6. The number of carbonyl (C=O) groups excluding carboxylic acids is 2. The van der Waals surface area contributed by atoms with E-state index in [0.29, 0.717) is 17.2 Å². The van der Waals surface area contributed by atoms with E-state index in [0.717, 1.165) is 42.6 Å². The molecule has 1 aromatic carbocycles. The van der Waals surface area contributed by atoms with Crippen LogP contribution in [-0.4, -0.2) is 34.5 Å². The van der Waals surface area contributed by atoms with E-state index in [2.05, 4.69) is 17.6 Å². The molecule has 0 radical (unpaired) electrons. The summed E-state index contributed by atoms with van der Waals surface area (Å²) in [4.78, 5) is 27.5. The maximum absolute atomic E-state index is 12.9. The van der Waals surface area contributed by atoms with Crippen molar-refractivity contribution in [1.29, 1.82) is 0 Å². The van der Waals surface area contributed by atoms with Crippen molar-refractivity contribution in [3.05, 3.63) is 41.1 Å². The number of hydrogen-bond acceptors (Lipinski definition) is 4. The molecule has 176 valence electrons. The second-order valence-electron chi connectivity index (χ2n) is 8.44. The Balaban J connectivity index is 2.27. The number of benzene rings is 1. The molecule has 2 rings (SSSR count). The number of hydrogen-bond donors (Lipinski definition) is 2. The number of nitrogens with one attached hydrogen (secondary N) is 2. The minimum absolute atomic E-state index is 0.0232. The summed E-state index contributed by atoms with van der Waals surface area (Å²) in [7, 11) is 0. The Kier molecular flexibility index (Phi) is 9.69. The molecule has 2 atom stereocenters. The maximum Gasteiger partial charge on any atom is 0.338 e. The molecule has 1 aromatic rings. The summed E-state index contributed by atoms with van der Waals surface area (Å²) >= 11 is 5.54. The molecule has 7 heteroatoms. The summed E-state index contributed by atoms with van der Waals surface area (Å²) in [5, 5.41) is 6.90. The number of amides is 1. The quantitative estimate of drug-likeness (QED) is 0.365. The highest BCUT2D eigenvalue weighted by atomic mass is 32.1. The average molecular weight is 460 g/mol. The van der Waals surface area contributed by atoms with Crippen LogP contribution >= 0.6 is 12.2 Å². The van der Waals surface area contributed by atoms with Gasteiger partial charge in [-0.25, -0.2) is 4.79 Å². The third-order valence-corrected chi connectivity index (χ3v) is 6.09. The van der Waals surface area contributed by atoms with Crippen LogP contribution in [0.5, 0.6) is 0 Å². The van der Waals surface area contributed by atoms with Crippen molar-refractivity contribution in [3.8, 4) is 0 Å². The smallest absolute Gasteiger partial charge is 0.338 e. The number of ether oxygens (including phenoxy) is 1. The molecule has 1 aliphatic heterocycles. The first-order chi connectivity index (χ1) is 15.2. The van der Waals surface area contributed by atoms with Gasteiger partial charge >= 0.3 is 5.97 Å². The molecule has 0 fully saturated rings. The van der Waals surface area contributed by atoms with Crippen LogP contribution in [-0.2, 0) is 14.3 Å². The van der Waals surface area contributed by atoms with Gasteiger partial charge in [-0.1, -0.05) is 38.8 Å². The number of thiocarbonyl (C=S) groups is 1. The molecule has 0 saturated carbocycles. The van der Waals surface area contributed by atoms with Crippen molar-refractivity contribution in [1.82, 2.24) is 10.2 Å². The van der Waals surface area contributed by atoms with Gasteiger partial charge in [0.25, 0.3) is 0 Å². The number of unbranched alkanes of at least 4 members (excludes halogenated alkanes) is 1. The highest BCUT2D eigenvalue weighted by Gasteiger charge is 2.34.